The van der Waals surface area contributed by atoms with E-state index in [1.165, 1.54) is 17.0 Å². The fourth-order valence-corrected chi connectivity index (χ4v) is 6.01. The first-order valence-corrected chi connectivity index (χ1v) is 12.0. The monoisotopic (exact) mass is 444 g/mol. The van der Waals surface area contributed by atoms with Gasteiger partial charge in [-0.15, -0.1) is 0 Å². The van der Waals surface area contributed by atoms with Gasteiger partial charge in [-0.05, 0) is 30.5 Å². The Labute approximate surface area is 182 Å². The quantitative estimate of drug-likeness (QED) is 0.754. The molecule has 0 bridgehead atoms. The van der Waals surface area contributed by atoms with Crippen LogP contribution in [0.4, 0.5) is 20.7 Å². The molecule has 31 heavy (non-hydrogen) atoms. The molecule has 1 aromatic heterocycles. The second kappa shape index (κ2) is 8.11. The summed E-state index contributed by atoms with van der Waals surface area (Å²) in [5.41, 5.74) is 2.81. The predicted octanol–water partition coefficient (Wildman–Crippen LogP) is 3.04. The van der Waals surface area contributed by atoms with E-state index in [-0.39, 0.29) is 11.9 Å². The molecule has 0 spiro atoms. The molecule has 0 saturated carbocycles. The van der Waals surface area contributed by atoms with Crippen molar-refractivity contribution in [3.8, 4) is 0 Å². The van der Waals surface area contributed by atoms with Gasteiger partial charge in [0.2, 0.25) is 0 Å². The third kappa shape index (κ3) is 3.98. The average Bonchev–Trinajstić information content (AvgIpc) is 3.10. The number of aryl methyl sites for hydroxylation is 1. The Bertz CT molecular complexity index is 1030. The zero-order valence-corrected chi connectivity index (χ0v) is 17.9. The van der Waals surface area contributed by atoms with E-state index in [9.17, 15) is 18.5 Å². The average molecular weight is 445 g/mol. The Hall–Kier alpha value is -2.68. The zero-order valence-electron chi connectivity index (χ0n) is 17.1. The number of carboxylic acid groups (broad SMARTS) is 1. The van der Waals surface area contributed by atoms with Crippen LogP contribution < -0.4 is 10.2 Å². The number of halogens is 1. The molecule has 2 fully saturated rings. The number of amides is 1. The topological polar surface area (TPSA) is 85.8 Å². The van der Waals surface area contributed by atoms with Crippen molar-refractivity contribution in [1.82, 2.24) is 9.88 Å². The minimum atomic E-state index is -1.08. The molecular weight excluding hydrogens is 419 g/mol. The Morgan fingerprint density at radius 1 is 1.23 bits per heavy atom. The van der Waals surface area contributed by atoms with E-state index in [4.69, 9.17) is 4.98 Å². The number of likely N-dealkylation sites (tertiary alicyclic amines) is 1. The second-order valence-corrected chi connectivity index (χ2v) is 9.98. The molecular formula is C22H25FN4O3S. The third-order valence-electron chi connectivity index (χ3n) is 6.38. The largest absolute Gasteiger partial charge is 0.465 e. The fraction of sp³-hybridized carbons (Fsp3) is 0.455. The van der Waals surface area contributed by atoms with Gasteiger partial charge in [0, 0.05) is 56.4 Å². The van der Waals surface area contributed by atoms with Gasteiger partial charge >= 0.3 is 6.09 Å². The number of anilines is 2. The minimum absolute atomic E-state index is 0.00912. The molecule has 3 aliphatic rings. The number of carbonyl (C=O) groups is 1. The minimum Gasteiger partial charge on any atom is -0.465 e. The molecule has 1 aromatic carbocycles. The number of hydrogen-bond donors (Lipinski definition) is 2. The van der Waals surface area contributed by atoms with Crippen molar-refractivity contribution in [1.29, 1.82) is 0 Å². The molecule has 1 amide bonds. The van der Waals surface area contributed by atoms with Crippen LogP contribution in [0, 0.1) is 5.82 Å². The molecule has 2 N–H and O–H groups in total. The molecule has 2 aromatic rings. The number of pyridine rings is 1. The highest BCUT2D eigenvalue weighted by Crippen LogP contribution is 2.37. The molecule has 3 aliphatic heterocycles. The summed E-state index contributed by atoms with van der Waals surface area (Å²) >= 11 is 0. The highest BCUT2D eigenvalue weighted by atomic mass is 32.2. The van der Waals surface area contributed by atoms with E-state index < -0.39 is 16.9 Å². The van der Waals surface area contributed by atoms with Gasteiger partial charge in [-0.1, -0.05) is 12.1 Å². The number of piperidine rings is 1. The first-order chi connectivity index (χ1) is 15.0. The second-order valence-electron chi connectivity index (χ2n) is 8.47. The highest BCUT2D eigenvalue weighted by Gasteiger charge is 2.33. The van der Waals surface area contributed by atoms with Crippen molar-refractivity contribution in [2.75, 3.05) is 42.1 Å². The van der Waals surface area contributed by atoms with Crippen LogP contribution in [0.25, 0.3) is 0 Å². The van der Waals surface area contributed by atoms with Crippen LogP contribution in [0.1, 0.15) is 30.0 Å². The summed E-state index contributed by atoms with van der Waals surface area (Å²) in [6.07, 6.45) is 1.46. The van der Waals surface area contributed by atoms with E-state index in [1.54, 1.807) is 0 Å². The standard InChI is InChI=1S/C22H25FN4O3S/c23-16-5-3-14(4-6-16)15-11-27(12-15)20-10-19(21-18(25-20)7-9-31(21)30)24-17-2-1-8-26(13-17)22(28)29/h3-6,10,15,17H,1-2,7-9,11-13H2,(H,24,25)(H,28,29)/t17-,31?/m1/s1. The number of nitrogens with zero attached hydrogens (tertiary/aromatic N) is 3. The highest BCUT2D eigenvalue weighted by molar-refractivity contribution is 7.85. The van der Waals surface area contributed by atoms with Gasteiger partial charge < -0.3 is 20.2 Å². The number of hydrogen-bond acceptors (Lipinski definition) is 5. The lowest BCUT2D eigenvalue weighted by Crippen LogP contribution is -2.46. The molecule has 2 atom stereocenters. The lowest BCUT2D eigenvalue weighted by atomic mass is 9.91. The summed E-state index contributed by atoms with van der Waals surface area (Å²) < 4.78 is 25.8. The number of benzene rings is 1. The first kappa shape index (κ1) is 20.2. The van der Waals surface area contributed by atoms with Crippen LogP contribution in [0.2, 0.25) is 0 Å². The van der Waals surface area contributed by atoms with Gasteiger partial charge in [0.05, 0.1) is 27.1 Å². The molecule has 7 nitrogen and oxygen atoms in total. The van der Waals surface area contributed by atoms with Crippen molar-refractivity contribution in [2.45, 2.75) is 36.1 Å². The summed E-state index contributed by atoms with van der Waals surface area (Å²) in [7, 11) is -1.08. The zero-order chi connectivity index (χ0) is 21.5. The van der Waals surface area contributed by atoms with Gasteiger partial charge in [0.25, 0.3) is 0 Å². The third-order valence-corrected chi connectivity index (χ3v) is 7.87. The lowest BCUT2D eigenvalue weighted by Gasteiger charge is -2.41. The van der Waals surface area contributed by atoms with E-state index in [0.29, 0.717) is 31.2 Å². The van der Waals surface area contributed by atoms with Crippen LogP contribution in [0.15, 0.2) is 35.2 Å². The predicted molar refractivity (Wildman–Crippen MR) is 117 cm³/mol. The van der Waals surface area contributed by atoms with Gasteiger partial charge in [-0.2, -0.15) is 0 Å². The van der Waals surface area contributed by atoms with Crippen molar-refractivity contribution in [3.05, 3.63) is 47.4 Å². The molecule has 1 unspecified atom stereocenters. The normalized spacial score (nSPS) is 23.4. The van der Waals surface area contributed by atoms with Crippen molar-refractivity contribution in [2.24, 2.45) is 0 Å². The van der Waals surface area contributed by atoms with E-state index in [0.717, 1.165) is 53.6 Å². The van der Waals surface area contributed by atoms with E-state index >= 15 is 0 Å². The molecule has 0 radical (unpaired) electrons. The van der Waals surface area contributed by atoms with Crippen LogP contribution in [-0.2, 0) is 17.2 Å². The van der Waals surface area contributed by atoms with Crippen molar-refractivity contribution < 1.29 is 18.5 Å². The first-order valence-electron chi connectivity index (χ1n) is 10.6. The summed E-state index contributed by atoms with van der Waals surface area (Å²) in [5, 5.41) is 12.8. The summed E-state index contributed by atoms with van der Waals surface area (Å²) in [5.74, 6) is 1.53. The maximum Gasteiger partial charge on any atom is 0.407 e. The van der Waals surface area contributed by atoms with Crippen LogP contribution in [0.5, 0.6) is 0 Å². The number of rotatable bonds is 4. The van der Waals surface area contributed by atoms with Gasteiger partial charge in [-0.3, -0.25) is 4.21 Å². The molecule has 4 heterocycles. The molecule has 9 heteroatoms. The Morgan fingerprint density at radius 2 is 2.00 bits per heavy atom. The smallest absolute Gasteiger partial charge is 0.407 e. The Balaban J connectivity index is 1.35. The molecule has 2 saturated heterocycles. The molecule has 164 valence electrons. The lowest BCUT2D eigenvalue weighted by molar-refractivity contribution is 0.133. The fourth-order valence-electron chi connectivity index (χ4n) is 4.66. The van der Waals surface area contributed by atoms with Crippen molar-refractivity contribution in [3.63, 3.8) is 0 Å². The van der Waals surface area contributed by atoms with Gasteiger partial charge in [0.15, 0.2) is 0 Å². The summed E-state index contributed by atoms with van der Waals surface area (Å²) in [4.78, 5) is 20.5. The van der Waals surface area contributed by atoms with Gasteiger partial charge in [-0.25, -0.2) is 14.2 Å². The summed E-state index contributed by atoms with van der Waals surface area (Å²) in [6.45, 7) is 2.58. The number of fused-ring (bicyclic) bond motifs is 1. The van der Waals surface area contributed by atoms with Gasteiger partial charge in [0.1, 0.15) is 11.6 Å². The van der Waals surface area contributed by atoms with E-state index in [2.05, 4.69) is 10.2 Å². The molecule has 0 aliphatic carbocycles. The van der Waals surface area contributed by atoms with Crippen molar-refractivity contribution >= 4 is 28.4 Å². The SMILES string of the molecule is O=C(O)N1CCC[C@@H](Nc2cc(N3CC(c4ccc(F)cc4)C3)nc3c2S(=O)CC3)C1. The van der Waals surface area contributed by atoms with E-state index in [1.807, 2.05) is 18.2 Å². The van der Waals surface area contributed by atoms with Crippen LogP contribution in [-0.4, -0.2) is 63.3 Å². The number of nitrogens with one attached hydrogen (secondary N) is 1. The Morgan fingerprint density at radius 3 is 2.74 bits per heavy atom. The van der Waals surface area contributed by atoms with Crippen LogP contribution in [0.3, 0.4) is 0 Å². The Kier molecular flexibility index (Phi) is 5.29. The maximum absolute atomic E-state index is 13.2. The summed E-state index contributed by atoms with van der Waals surface area (Å²) in [6, 6.07) is 8.61. The number of aromatic nitrogens is 1. The maximum atomic E-state index is 13.2. The molecule has 5 rings (SSSR count). The van der Waals surface area contributed by atoms with Crippen LogP contribution >= 0.6 is 0 Å².